The lowest BCUT2D eigenvalue weighted by Gasteiger charge is -2.31. The van der Waals surface area contributed by atoms with Crippen molar-refractivity contribution < 1.29 is 14.3 Å². The molecule has 0 aromatic heterocycles. The van der Waals surface area contributed by atoms with Gasteiger partial charge in [0.05, 0.1) is 19.3 Å². The summed E-state index contributed by atoms with van der Waals surface area (Å²) in [7, 11) is 0. The van der Waals surface area contributed by atoms with Crippen molar-refractivity contribution in [2.75, 3.05) is 26.2 Å². The van der Waals surface area contributed by atoms with E-state index >= 15 is 0 Å². The zero-order valence-corrected chi connectivity index (χ0v) is 17.2. The van der Waals surface area contributed by atoms with Crippen LogP contribution in [0.5, 0.6) is 5.75 Å². The van der Waals surface area contributed by atoms with E-state index < -0.39 is 0 Å². The van der Waals surface area contributed by atoms with Crippen molar-refractivity contribution >= 4 is 21.9 Å². The SMILES string of the molecule is CCOC(=O)CN1CCC(CC[C@@H](C)Oc2ccc(Br)c(C)c2)CC1. The van der Waals surface area contributed by atoms with Crippen LogP contribution >= 0.6 is 15.9 Å². The Kier molecular flexibility index (Phi) is 8.24. The van der Waals surface area contributed by atoms with Crippen molar-refractivity contribution in [2.45, 2.75) is 52.6 Å². The monoisotopic (exact) mass is 411 g/mol. The summed E-state index contributed by atoms with van der Waals surface area (Å²) in [6, 6.07) is 6.13. The third-order valence-electron chi connectivity index (χ3n) is 4.81. The smallest absolute Gasteiger partial charge is 0.320 e. The maximum Gasteiger partial charge on any atom is 0.320 e. The van der Waals surface area contributed by atoms with Crippen molar-refractivity contribution in [2.24, 2.45) is 5.92 Å². The van der Waals surface area contributed by atoms with Crippen molar-refractivity contribution in [1.82, 2.24) is 4.90 Å². The summed E-state index contributed by atoms with van der Waals surface area (Å²) in [6.45, 7) is 8.95. The number of ether oxygens (including phenoxy) is 2. The van der Waals surface area contributed by atoms with E-state index in [1.165, 1.54) is 12.0 Å². The molecule has 1 saturated heterocycles. The van der Waals surface area contributed by atoms with Gasteiger partial charge in [-0.25, -0.2) is 0 Å². The highest BCUT2D eigenvalue weighted by Gasteiger charge is 2.21. The minimum absolute atomic E-state index is 0.104. The van der Waals surface area contributed by atoms with Gasteiger partial charge in [-0.2, -0.15) is 0 Å². The average Bonchev–Trinajstić information content (AvgIpc) is 2.58. The molecule has 1 atom stereocenters. The van der Waals surface area contributed by atoms with E-state index in [4.69, 9.17) is 9.47 Å². The number of piperidine rings is 1. The molecule has 0 bridgehead atoms. The van der Waals surface area contributed by atoms with E-state index in [1.54, 1.807) is 0 Å². The number of halogens is 1. The Hall–Kier alpha value is -1.07. The largest absolute Gasteiger partial charge is 0.491 e. The molecule has 0 unspecified atom stereocenters. The summed E-state index contributed by atoms with van der Waals surface area (Å²) in [6.07, 6.45) is 4.78. The van der Waals surface area contributed by atoms with E-state index in [0.717, 1.165) is 48.5 Å². The molecule has 4 nitrogen and oxygen atoms in total. The molecule has 1 aromatic carbocycles. The second kappa shape index (κ2) is 10.2. The number of carbonyl (C=O) groups excluding carboxylic acids is 1. The Labute approximate surface area is 160 Å². The number of rotatable bonds is 8. The zero-order chi connectivity index (χ0) is 18.2. The van der Waals surface area contributed by atoms with Crippen LogP contribution in [-0.2, 0) is 9.53 Å². The van der Waals surface area contributed by atoms with E-state index in [-0.39, 0.29) is 12.1 Å². The van der Waals surface area contributed by atoms with Gasteiger partial charge in [0.1, 0.15) is 5.75 Å². The maximum absolute atomic E-state index is 11.5. The Morgan fingerprint density at radius 2 is 2.08 bits per heavy atom. The van der Waals surface area contributed by atoms with Gasteiger partial charge in [0.25, 0.3) is 0 Å². The van der Waals surface area contributed by atoms with Crippen molar-refractivity contribution in [3.05, 3.63) is 28.2 Å². The number of carbonyl (C=O) groups is 1. The number of aryl methyl sites for hydroxylation is 1. The highest BCUT2D eigenvalue weighted by molar-refractivity contribution is 9.10. The van der Waals surface area contributed by atoms with Gasteiger partial charge < -0.3 is 9.47 Å². The quantitative estimate of drug-likeness (QED) is 0.586. The average molecular weight is 412 g/mol. The number of hydrogen-bond donors (Lipinski definition) is 0. The molecule has 0 aliphatic carbocycles. The molecule has 1 aliphatic heterocycles. The molecule has 1 aromatic rings. The maximum atomic E-state index is 11.5. The predicted molar refractivity (Wildman–Crippen MR) is 104 cm³/mol. The standard InChI is InChI=1S/C20H30BrNO3/c1-4-24-20(23)14-22-11-9-17(10-12-22)6-5-16(3)25-18-7-8-19(21)15(2)13-18/h7-8,13,16-17H,4-6,9-12,14H2,1-3H3/t16-/m1/s1. The number of benzene rings is 1. The van der Waals surface area contributed by atoms with E-state index in [0.29, 0.717) is 13.2 Å². The number of hydrogen-bond acceptors (Lipinski definition) is 4. The van der Waals surface area contributed by atoms with Gasteiger partial charge in [-0.15, -0.1) is 0 Å². The Morgan fingerprint density at radius 1 is 1.36 bits per heavy atom. The molecule has 0 spiro atoms. The van der Waals surface area contributed by atoms with Crippen molar-refractivity contribution in [3.8, 4) is 5.75 Å². The first-order chi connectivity index (χ1) is 12.0. The Bertz CT molecular complexity index is 556. The van der Waals surface area contributed by atoms with Gasteiger partial charge in [0.2, 0.25) is 0 Å². The van der Waals surface area contributed by atoms with Crippen LogP contribution in [0.4, 0.5) is 0 Å². The first kappa shape index (κ1) is 20.2. The minimum Gasteiger partial charge on any atom is -0.491 e. The van der Waals surface area contributed by atoms with Crippen molar-refractivity contribution in [3.63, 3.8) is 0 Å². The molecule has 5 heteroatoms. The molecule has 0 N–H and O–H groups in total. The summed E-state index contributed by atoms with van der Waals surface area (Å²) in [4.78, 5) is 13.8. The molecule has 1 fully saturated rings. The van der Waals surface area contributed by atoms with E-state index in [9.17, 15) is 4.79 Å². The molecule has 0 amide bonds. The lowest BCUT2D eigenvalue weighted by Crippen LogP contribution is -2.38. The topological polar surface area (TPSA) is 38.8 Å². The normalized spacial score (nSPS) is 17.3. The molecule has 1 aliphatic rings. The molecule has 0 saturated carbocycles. The fraction of sp³-hybridized carbons (Fsp3) is 0.650. The van der Waals surface area contributed by atoms with E-state index in [2.05, 4.69) is 40.7 Å². The van der Waals surface area contributed by atoms with Crippen LogP contribution in [0.25, 0.3) is 0 Å². The zero-order valence-electron chi connectivity index (χ0n) is 15.6. The summed E-state index contributed by atoms with van der Waals surface area (Å²) in [5, 5.41) is 0. The molecule has 2 rings (SSSR count). The van der Waals surface area contributed by atoms with Crippen LogP contribution in [0.1, 0.15) is 45.1 Å². The summed E-state index contributed by atoms with van der Waals surface area (Å²) < 4.78 is 12.2. The first-order valence-electron chi connectivity index (χ1n) is 9.28. The van der Waals surface area contributed by atoms with Crippen LogP contribution < -0.4 is 4.74 Å². The van der Waals surface area contributed by atoms with Crippen molar-refractivity contribution in [1.29, 1.82) is 0 Å². The fourth-order valence-corrected chi connectivity index (χ4v) is 3.52. The van der Waals surface area contributed by atoms with E-state index in [1.807, 2.05) is 19.1 Å². The first-order valence-corrected chi connectivity index (χ1v) is 10.1. The van der Waals surface area contributed by atoms with Gasteiger partial charge >= 0.3 is 5.97 Å². The lowest BCUT2D eigenvalue weighted by molar-refractivity contribution is -0.144. The summed E-state index contributed by atoms with van der Waals surface area (Å²) in [5.41, 5.74) is 1.19. The minimum atomic E-state index is -0.104. The molecule has 0 radical (unpaired) electrons. The molecule has 1 heterocycles. The number of likely N-dealkylation sites (tertiary alicyclic amines) is 1. The van der Waals surface area contributed by atoms with Crippen LogP contribution in [0.2, 0.25) is 0 Å². The third-order valence-corrected chi connectivity index (χ3v) is 5.70. The molecular formula is C20H30BrNO3. The van der Waals surface area contributed by atoms with Gasteiger partial charge in [0.15, 0.2) is 0 Å². The predicted octanol–water partition coefficient (Wildman–Crippen LogP) is 4.58. The lowest BCUT2D eigenvalue weighted by atomic mass is 9.91. The van der Waals surface area contributed by atoms with Crippen LogP contribution in [-0.4, -0.2) is 43.2 Å². The Balaban J connectivity index is 1.66. The second-order valence-electron chi connectivity index (χ2n) is 6.94. The third kappa shape index (κ3) is 6.98. The summed E-state index contributed by atoms with van der Waals surface area (Å²) >= 11 is 3.52. The Morgan fingerprint density at radius 3 is 2.72 bits per heavy atom. The molecule has 140 valence electrons. The fourth-order valence-electron chi connectivity index (χ4n) is 3.27. The van der Waals surface area contributed by atoms with Gasteiger partial charge in [-0.1, -0.05) is 15.9 Å². The van der Waals surface area contributed by atoms with Crippen LogP contribution in [0.3, 0.4) is 0 Å². The molecule has 25 heavy (non-hydrogen) atoms. The van der Waals surface area contributed by atoms with Crippen LogP contribution in [0, 0.1) is 12.8 Å². The van der Waals surface area contributed by atoms with Crippen LogP contribution in [0.15, 0.2) is 22.7 Å². The highest BCUT2D eigenvalue weighted by Crippen LogP contribution is 2.25. The second-order valence-corrected chi connectivity index (χ2v) is 7.80. The highest BCUT2D eigenvalue weighted by atomic mass is 79.9. The molecular weight excluding hydrogens is 382 g/mol. The van der Waals surface area contributed by atoms with Gasteiger partial charge in [-0.3, -0.25) is 9.69 Å². The van der Waals surface area contributed by atoms with Gasteiger partial charge in [-0.05, 0) is 89.2 Å². The number of esters is 1. The number of nitrogens with zero attached hydrogens (tertiary/aromatic N) is 1. The van der Waals surface area contributed by atoms with Gasteiger partial charge in [0, 0.05) is 4.47 Å². The summed E-state index contributed by atoms with van der Waals surface area (Å²) in [5.74, 6) is 1.57.